The number of imidazole rings is 1. The molecule has 66 valence electrons. The second-order valence-electron chi connectivity index (χ2n) is 3.56. The lowest BCUT2D eigenvalue weighted by Crippen LogP contribution is -2.50. The summed E-state index contributed by atoms with van der Waals surface area (Å²) in [7, 11) is 1.88. The van der Waals surface area contributed by atoms with Crippen molar-refractivity contribution in [2.24, 2.45) is 12.8 Å². The largest absolute Gasteiger partial charge is 0.382 e. The van der Waals surface area contributed by atoms with Crippen LogP contribution in [0.1, 0.15) is 18.7 Å². The molecule has 0 atom stereocenters. The van der Waals surface area contributed by atoms with Gasteiger partial charge in [-0.15, -0.1) is 0 Å². The van der Waals surface area contributed by atoms with Gasteiger partial charge in [0, 0.05) is 25.5 Å². The Morgan fingerprint density at radius 1 is 1.75 bits per heavy atom. The molecule has 0 spiro atoms. The Bertz CT molecular complexity index is 288. The van der Waals surface area contributed by atoms with Crippen LogP contribution in [0.4, 0.5) is 0 Å². The second-order valence-corrected chi connectivity index (χ2v) is 3.56. The van der Waals surface area contributed by atoms with E-state index in [2.05, 4.69) is 4.98 Å². The molecule has 2 rings (SSSR count). The molecule has 0 unspecified atom stereocenters. The average Bonchev–Trinajstić information content (AvgIpc) is 2.32. The maximum atomic E-state index is 9.96. The van der Waals surface area contributed by atoms with Gasteiger partial charge < -0.3 is 15.4 Å². The fourth-order valence-corrected chi connectivity index (χ4v) is 1.80. The molecule has 12 heavy (non-hydrogen) atoms. The van der Waals surface area contributed by atoms with Gasteiger partial charge in [-0.25, -0.2) is 4.98 Å². The van der Waals surface area contributed by atoms with Gasteiger partial charge in [-0.1, -0.05) is 0 Å². The zero-order valence-corrected chi connectivity index (χ0v) is 7.07. The van der Waals surface area contributed by atoms with Crippen molar-refractivity contribution < 1.29 is 5.11 Å². The minimum atomic E-state index is -0.766. The zero-order chi connectivity index (χ0) is 8.77. The van der Waals surface area contributed by atoms with Crippen molar-refractivity contribution in [2.75, 3.05) is 0 Å². The van der Waals surface area contributed by atoms with Gasteiger partial charge in [0.15, 0.2) is 0 Å². The van der Waals surface area contributed by atoms with E-state index >= 15 is 0 Å². The lowest BCUT2D eigenvalue weighted by molar-refractivity contribution is -0.0618. The third-order valence-electron chi connectivity index (χ3n) is 2.44. The number of nitrogens with two attached hydrogens (primary N) is 1. The van der Waals surface area contributed by atoms with Crippen molar-refractivity contribution in [3.8, 4) is 0 Å². The third kappa shape index (κ3) is 0.956. The van der Waals surface area contributed by atoms with Crippen LogP contribution in [0.3, 0.4) is 0 Å². The molecule has 1 saturated carbocycles. The van der Waals surface area contributed by atoms with Crippen LogP contribution in [-0.4, -0.2) is 20.7 Å². The van der Waals surface area contributed by atoms with Crippen molar-refractivity contribution in [2.45, 2.75) is 24.5 Å². The van der Waals surface area contributed by atoms with Gasteiger partial charge in [0.25, 0.3) is 0 Å². The molecule has 1 aliphatic rings. The monoisotopic (exact) mass is 167 g/mol. The Morgan fingerprint density at radius 2 is 2.42 bits per heavy atom. The van der Waals surface area contributed by atoms with Crippen molar-refractivity contribution >= 4 is 0 Å². The highest BCUT2D eigenvalue weighted by molar-refractivity contribution is 5.12. The van der Waals surface area contributed by atoms with E-state index in [-0.39, 0.29) is 6.04 Å². The maximum Gasteiger partial charge on any atom is 0.140 e. The van der Waals surface area contributed by atoms with Crippen LogP contribution in [0.25, 0.3) is 0 Å². The molecule has 4 nitrogen and oxygen atoms in total. The first kappa shape index (κ1) is 7.76. The first-order valence-electron chi connectivity index (χ1n) is 4.07. The van der Waals surface area contributed by atoms with Crippen molar-refractivity contribution in [1.29, 1.82) is 0 Å². The van der Waals surface area contributed by atoms with Crippen molar-refractivity contribution in [3.63, 3.8) is 0 Å². The number of hydrogen-bond donors (Lipinski definition) is 2. The summed E-state index contributed by atoms with van der Waals surface area (Å²) in [6.45, 7) is 0. The summed E-state index contributed by atoms with van der Waals surface area (Å²) >= 11 is 0. The fraction of sp³-hybridized carbons (Fsp3) is 0.625. The highest BCUT2D eigenvalue weighted by atomic mass is 16.3. The maximum absolute atomic E-state index is 9.96. The minimum absolute atomic E-state index is 0.131. The Balaban J connectivity index is 2.26. The number of rotatable bonds is 1. The number of aromatic nitrogens is 2. The van der Waals surface area contributed by atoms with Crippen LogP contribution < -0.4 is 5.73 Å². The van der Waals surface area contributed by atoms with E-state index in [1.165, 1.54) is 0 Å². The molecule has 1 aromatic rings. The summed E-state index contributed by atoms with van der Waals surface area (Å²) in [6, 6.07) is 0.131. The van der Waals surface area contributed by atoms with Gasteiger partial charge in [-0.05, 0) is 12.8 Å². The fourth-order valence-electron chi connectivity index (χ4n) is 1.80. The molecule has 3 N–H and O–H groups in total. The molecule has 1 aromatic heterocycles. The van der Waals surface area contributed by atoms with Crippen molar-refractivity contribution in [3.05, 3.63) is 18.2 Å². The summed E-state index contributed by atoms with van der Waals surface area (Å²) in [4.78, 5) is 4.10. The summed E-state index contributed by atoms with van der Waals surface area (Å²) in [6.07, 6.45) is 4.77. The smallest absolute Gasteiger partial charge is 0.140 e. The zero-order valence-electron chi connectivity index (χ0n) is 7.07. The third-order valence-corrected chi connectivity index (χ3v) is 2.44. The number of hydrogen-bond acceptors (Lipinski definition) is 3. The van der Waals surface area contributed by atoms with Gasteiger partial charge in [0.05, 0.1) is 0 Å². The van der Waals surface area contributed by atoms with Crippen LogP contribution in [-0.2, 0) is 12.6 Å². The van der Waals surface area contributed by atoms with E-state index in [0.29, 0.717) is 12.8 Å². The molecular formula is C8H13N3O. The second kappa shape index (κ2) is 2.31. The predicted octanol–water partition coefficient (Wildman–Crippen LogP) is -0.271. The molecule has 4 heteroatoms. The molecule has 0 aliphatic heterocycles. The van der Waals surface area contributed by atoms with E-state index in [1.807, 2.05) is 17.8 Å². The Kier molecular flexibility index (Phi) is 1.49. The quantitative estimate of drug-likeness (QED) is 0.605. The summed E-state index contributed by atoms with van der Waals surface area (Å²) < 4.78 is 1.84. The van der Waals surface area contributed by atoms with Gasteiger partial charge in [0.1, 0.15) is 11.4 Å². The molecule has 0 radical (unpaired) electrons. The minimum Gasteiger partial charge on any atom is -0.382 e. The Labute approximate surface area is 71.0 Å². The molecule has 1 fully saturated rings. The Morgan fingerprint density at radius 3 is 2.83 bits per heavy atom. The molecule has 0 saturated heterocycles. The number of aryl methyl sites for hydroxylation is 1. The molecule has 1 heterocycles. The lowest BCUT2D eigenvalue weighted by atomic mass is 9.75. The molecule has 0 aromatic carbocycles. The molecule has 1 aliphatic carbocycles. The van der Waals surface area contributed by atoms with Crippen LogP contribution in [0, 0.1) is 0 Å². The van der Waals surface area contributed by atoms with Crippen LogP contribution in [0.15, 0.2) is 12.4 Å². The lowest BCUT2D eigenvalue weighted by Gasteiger charge is -2.40. The highest BCUT2D eigenvalue weighted by Gasteiger charge is 2.44. The predicted molar refractivity (Wildman–Crippen MR) is 44.3 cm³/mol. The summed E-state index contributed by atoms with van der Waals surface area (Å²) in [5, 5.41) is 9.96. The van der Waals surface area contributed by atoms with E-state index in [4.69, 9.17) is 5.73 Å². The summed E-state index contributed by atoms with van der Waals surface area (Å²) in [5.41, 5.74) is 4.85. The molecular weight excluding hydrogens is 154 g/mol. The summed E-state index contributed by atoms with van der Waals surface area (Å²) in [5.74, 6) is 0.726. The van der Waals surface area contributed by atoms with E-state index in [1.54, 1.807) is 6.20 Å². The Hall–Kier alpha value is -0.870. The SMILES string of the molecule is Cn1ccnc1C1(O)CC(N)C1. The van der Waals surface area contributed by atoms with Gasteiger partial charge in [-0.3, -0.25) is 0 Å². The van der Waals surface area contributed by atoms with E-state index in [0.717, 1.165) is 5.82 Å². The van der Waals surface area contributed by atoms with E-state index in [9.17, 15) is 5.11 Å². The average molecular weight is 167 g/mol. The first-order valence-corrected chi connectivity index (χ1v) is 4.07. The van der Waals surface area contributed by atoms with Crippen LogP contribution in [0.5, 0.6) is 0 Å². The van der Waals surface area contributed by atoms with Gasteiger partial charge >= 0.3 is 0 Å². The van der Waals surface area contributed by atoms with Crippen LogP contribution in [0.2, 0.25) is 0 Å². The molecule has 0 amide bonds. The van der Waals surface area contributed by atoms with Crippen molar-refractivity contribution in [1.82, 2.24) is 9.55 Å². The standard InChI is InChI=1S/C8H13N3O/c1-11-3-2-10-7(11)8(12)4-6(9)5-8/h2-3,6,12H,4-5,9H2,1H3. The van der Waals surface area contributed by atoms with Crippen LogP contribution >= 0.6 is 0 Å². The topological polar surface area (TPSA) is 64.1 Å². The molecule has 0 bridgehead atoms. The van der Waals surface area contributed by atoms with Gasteiger partial charge in [-0.2, -0.15) is 0 Å². The first-order chi connectivity index (χ1) is 5.62. The van der Waals surface area contributed by atoms with Gasteiger partial charge in [0.2, 0.25) is 0 Å². The number of aliphatic hydroxyl groups is 1. The number of nitrogens with zero attached hydrogens (tertiary/aromatic N) is 2. The van der Waals surface area contributed by atoms with E-state index < -0.39 is 5.60 Å². The highest BCUT2D eigenvalue weighted by Crippen LogP contribution is 2.38. The normalized spacial score (nSPS) is 34.8.